The number of rotatable bonds is 6. The van der Waals surface area contributed by atoms with Gasteiger partial charge in [0.25, 0.3) is 10.0 Å². The van der Waals surface area contributed by atoms with E-state index in [9.17, 15) is 18.0 Å². The number of fused-ring (bicyclic) bond motifs is 1. The molecule has 0 bridgehead atoms. The molecule has 4 aromatic rings. The van der Waals surface area contributed by atoms with Crippen molar-refractivity contribution < 1.29 is 22.4 Å². The number of alkyl carbamates (subject to hydrolysis) is 1. The van der Waals surface area contributed by atoms with Gasteiger partial charge in [0, 0.05) is 23.2 Å². The van der Waals surface area contributed by atoms with Gasteiger partial charge >= 0.3 is 11.8 Å². The number of oxazole rings is 1. The summed E-state index contributed by atoms with van der Waals surface area (Å²) in [6.45, 7) is 7.14. The van der Waals surface area contributed by atoms with E-state index in [-0.39, 0.29) is 27.2 Å². The number of aromatic nitrogens is 3. The standard InChI is InChI=1S/C25H24ClN5O6S2/c1-15(17-10-6-5-8-16(17)9-7-11-27-23(32)37-25(2,3)4)31-19-12-18(26)21(13-20(19)36-24(31)33)39(34,35)30-22-28-14-29-38-22/h5-6,8,10,12-15H,11H2,1-4H3,(H,27,32)(H,28,29,30)/t15-/m1/s1. The normalized spacial score (nSPS) is 12.4. The Labute approximate surface area is 233 Å². The molecule has 2 heterocycles. The highest BCUT2D eigenvalue weighted by Gasteiger charge is 2.25. The smallest absolute Gasteiger partial charge is 0.420 e. The number of sulfonamides is 1. The summed E-state index contributed by atoms with van der Waals surface area (Å²) >= 11 is 7.23. The second kappa shape index (κ2) is 11.1. The van der Waals surface area contributed by atoms with Gasteiger partial charge < -0.3 is 14.5 Å². The van der Waals surface area contributed by atoms with Gasteiger partial charge in [-0.05, 0) is 45.4 Å². The summed E-state index contributed by atoms with van der Waals surface area (Å²) in [4.78, 5) is 28.3. The Morgan fingerprint density at radius 2 is 2.03 bits per heavy atom. The van der Waals surface area contributed by atoms with Gasteiger partial charge in [0.2, 0.25) is 5.13 Å². The fraction of sp³-hybridized carbons (Fsp3) is 0.280. The number of nitrogens with zero attached hydrogens (tertiary/aromatic N) is 3. The van der Waals surface area contributed by atoms with Crippen molar-refractivity contribution in [2.75, 3.05) is 11.3 Å². The molecule has 204 valence electrons. The summed E-state index contributed by atoms with van der Waals surface area (Å²) in [5.74, 6) is 5.20. The second-order valence-corrected chi connectivity index (χ2v) is 12.1. The minimum absolute atomic E-state index is 0.0408. The Kier molecular flexibility index (Phi) is 8.01. The maximum absolute atomic E-state index is 12.9. The molecule has 1 amide bonds. The summed E-state index contributed by atoms with van der Waals surface area (Å²) in [5, 5.41) is 2.53. The monoisotopic (exact) mass is 589 g/mol. The van der Waals surface area contributed by atoms with Gasteiger partial charge in [-0.25, -0.2) is 23.0 Å². The molecule has 2 aromatic carbocycles. The Bertz CT molecular complexity index is 1750. The minimum Gasteiger partial charge on any atom is -0.444 e. The predicted molar refractivity (Wildman–Crippen MR) is 148 cm³/mol. The lowest BCUT2D eigenvalue weighted by atomic mass is 10.0. The molecular formula is C25H24ClN5O6S2. The average Bonchev–Trinajstić information content (AvgIpc) is 3.46. The van der Waals surface area contributed by atoms with Crippen molar-refractivity contribution in [3.63, 3.8) is 0 Å². The molecule has 0 spiro atoms. The van der Waals surface area contributed by atoms with Gasteiger partial charge in [0.05, 0.1) is 23.1 Å². The average molecular weight is 590 g/mol. The number of hydrogen-bond acceptors (Lipinski definition) is 9. The molecule has 39 heavy (non-hydrogen) atoms. The SMILES string of the molecule is C[C@H](c1ccccc1C#CCNC(=O)OC(C)(C)C)n1c(=O)oc2cc(S(=O)(=O)Nc3ncns3)c(Cl)cc21. The number of carbonyl (C=O) groups excluding carboxylic acids is 1. The molecule has 14 heteroatoms. The maximum atomic E-state index is 12.9. The van der Waals surface area contributed by atoms with Crippen molar-refractivity contribution >= 4 is 55.5 Å². The van der Waals surface area contributed by atoms with Crippen molar-refractivity contribution in [3.05, 3.63) is 69.4 Å². The van der Waals surface area contributed by atoms with Gasteiger partial charge in [-0.2, -0.15) is 4.37 Å². The summed E-state index contributed by atoms with van der Waals surface area (Å²) in [6.07, 6.45) is 0.639. The topological polar surface area (TPSA) is 145 Å². The van der Waals surface area contributed by atoms with Gasteiger partial charge in [0.1, 0.15) is 16.8 Å². The predicted octanol–water partition coefficient (Wildman–Crippen LogP) is 4.39. The zero-order valence-corrected chi connectivity index (χ0v) is 23.7. The first-order valence-electron chi connectivity index (χ1n) is 11.5. The second-order valence-electron chi connectivity index (χ2n) is 9.26. The van der Waals surface area contributed by atoms with Gasteiger partial charge in [0.15, 0.2) is 5.58 Å². The van der Waals surface area contributed by atoms with Crippen LogP contribution >= 0.6 is 23.1 Å². The summed E-state index contributed by atoms with van der Waals surface area (Å²) in [6, 6.07) is 9.22. The number of nitrogens with one attached hydrogen (secondary N) is 2. The summed E-state index contributed by atoms with van der Waals surface area (Å²) in [7, 11) is -4.12. The molecule has 0 aliphatic heterocycles. The van der Waals surface area contributed by atoms with E-state index in [0.29, 0.717) is 16.6 Å². The Balaban J connectivity index is 1.63. The van der Waals surface area contributed by atoms with E-state index in [0.717, 1.165) is 11.5 Å². The van der Waals surface area contributed by atoms with Crippen LogP contribution in [0.5, 0.6) is 0 Å². The molecule has 2 aromatic heterocycles. The number of anilines is 1. The molecule has 11 nitrogen and oxygen atoms in total. The molecule has 0 aliphatic rings. The first-order chi connectivity index (χ1) is 18.4. The third-order valence-electron chi connectivity index (χ3n) is 5.28. The van der Waals surface area contributed by atoms with Crippen molar-refractivity contribution in [2.24, 2.45) is 0 Å². The number of halogens is 1. The number of amides is 1. The number of benzene rings is 2. The largest absolute Gasteiger partial charge is 0.444 e. The first kappa shape index (κ1) is 28.2. The van der Waals surface area contributed by atoms with Gasteiger partial charge in [-0.15, -0.1) is 0 Å². The highest BCUT2D eigenvalue weighted by molar-refractivity contribution is 7.93. The Morgan fingerprint density at radius 3 is 2.72 bits per heavy atom. The zero-order valence-electron chi connectivity index (χ0n) is 21.3. The molecule has 0 saturated heterocycles. The number of hydrogen-bond donors (Lipinski definition) is 2. The van der Waals surface area contributed by atoms with Crippen LogP contribution in [-0.2, 0) is 14.8 Å². The molecule has 2 N–H and O–H groups in total. The van der Waals surface area contributed by atoms with E-state index in [2.05, 4.69) is 31.2 Å². The van der Waals surface area contributed by atoms with E-state index in [1.165, 1.54) is 23.0 Å². The maximum Gasteiger partial charge on any atom is 0.420 e. The molecule has 0 radical (unpaired) electrons. The van der Waals surface area contributed by atoms with Crippen LogP contribution in [0.15, 0.2) is 56.8 Å². The fourth-order valence-corrected chi connectivity index (χ4v) is 5.88. The van der Waals surface area contributed by atoms with Crippen LogP contribution in [-0.4, -0.2) is 40.6 Å². The molecule has 0 fully saturated rings. The van der Waals surface area contributed by atoms with Gasteiger partial charge in [-0.1, -0.05) is 41.6 Å². The van der Waals surface area contributed by atoms with Crippen LogP contribution in [0, 0.1) is 11.8 Å². The first-order valence-corrected chi connectivity index (χ1v) is 14.2. The van der Waals surface area contributed by atoms with E-state index < -0.39 is 33.5 Å². The van der Waals surface area contributed by atoms with Crippen molar-refractivity contribution in [1.82, 2.24) is 19.2 Å². The molecule has 0 aliphatic carbocycles. The van der Waals surface area contributed by atoms with Gasteiger partial charge in [-0.3, -0.25) is 9.29 Å². The van der Waals surface area contributed by atoms with E-state index in [1.807, 2.05) is 6.07 Å². The molecule has 0 unspecified atom stereocenters. The third-order valence-corrected chi connectivity index (χ3v) is 7.79. The number of carbonyl (C=O) groups is 1. The third kappa shape index (κ3) is 6.59. The minimum atomic E-state index is -4.12. The van der Waals surface area contributed by atoms with E-state index >= 15 is 0 Å². The molecule has 1 atom stereocenters. The van der Waals surface area contributed by atoms with Crippen LogP contribution in [0.3, 0.4) is 0 Å². The van der Waals surface area contributed by atoms with Crippen LogP contribution < -0.4 is 15.8 Å². The molecule has 0 saturated carbocycles. The lowest BCUT2D eigenvalue weighted by molar-refractivity contribution is 0.0535. The van der Waals surface area contributed by atoms with Crippen molar-refractivity contribution in [1.29, 1.82) is 0 Å². The Hall–Kier alpha value is -3.86. The fourth-order valence-electron chi connectivity index (χ4n) is 3.68. The number of ether oxygens (including phenoxy) is 1. The van der Waals surface area contributed by atoms with Crippen LogP contribution in [0.1, 0.15) is 44.9 Å². The lowest BCUT2D eigenvalue weighted by Crippen LogP contribution is -2.32. The summed E-state index contributed by atoms with van der Waals surface area (Å²) < 4.78 is 43.7. The quantitative estimate of drug-likeness (QED) is 0.315. The van der Waals surface area contributed by atoms with Crippen LogP contribution in [0.2, 0.25) is 5.02 Å². The lowest BCUT2D eigenvalue weighted by Gasteiger charge is -2.19. The molecular weight excluding hydrogens is 566 g/mol. The molecule has 4 rings (SSSR count). The highest BCUT2D eigenvalue weighted by Crippen LogP contribution is 2.31. The highest BCUT2D eigenvalue weighted by atomic mass is 35.5. The van der Waals surface area contributed by atoms with Crippen molar-refractivity contribution in [3.8, 4) is 11.8 Å². The summed E-state index contributed by atoms with van der Waals surface area (Å²) in [5.41, 5.74) is 1.06. The van der Waals surface area contributed by atoms with Crippen molar-refractivity contribution in [2.45, 2.75) is 44.2 Å². The van der Waals surface area contributed by atoms with Crippen LogP contribution in [0.25, 0.3) is 11.1 Å². The van der Waals surface area contributed by atoms with E-state index in [4.69, 9.17) is 20.8 Å². The van der Waals surface area contributed by atoms with Crippen LogP contribution in [0.4, 0.5) is 9.93 Å². The van der Waals surface area contributed by atoms with E-state index in [1.54, 1.807) is 45.9 Å². The zero-order chi connectivity index (χ0) is 28.4. The Morgan fingerprint density at radius 1 is 1.28 bits per heavy atom.